The highest BCUT2D eigenvalue weighted by atomic mass is 16.5. The Morgan fingerprint density at radius 1 is 1.04 bits per heavy atom. The minimum absolute atomic E-state index is 0.189. The second kappa shape index (κ2) is 5.73. The molecule has 130 valence electrons. The molecule has 0 radical (unpaired) electrons. The number of aromatic nitrogens is 2. The molecule has 1 unspecified atom stereocenters. The van der Waals surface area contributed by atoms with Gasteiger partial charge in [0.25, 0.3) is 5.56 Å². The summed E-state index contributed by atoms with van der Waals surface area (Å²) in [7, 11) is 0. The number of aromatic hydroxyl groups is 1. The second-order valence-corrected chi connectivity index (χ2v) is 5.99. The van der Waals surface area contributed by atoms with E-state index in [0.29, 0.717) is 16.8 Å². The van der Waals surface area contributed by atoms with Gasteiger partial charge in [-0.15, -0.1) is 0 Å². The monoisotopic (exact) mass is 350 g/mol. The number of cyclic esters (lactones) is 1. The molecule has 2 aromatic carbocycles. The minimum Gasteiger partial charge on any atom is -0.494 e. The molecule has 1 aromatic heterocycles. The lowest BCUT2D eigenvalue weighted by atomic mass is 10.0. The maximum Gasteiger partial charge on any atom is 0.339 e. The zero-order chi connectivity index (χ0) is 18.4. The molecular formula is C19H14N2O5. The summed E-state index contributed by atoms with van der Waals surface area (Å²) in [5.41, 5.74) is 0.177. The lowest BCUT2D eigenvalue weighted by Crippen LogP contribution is -2.33. The van der Waals surface area contributed by atoms with Crippen LogP contribution in [0.5, 0.6) is 5.88 Å². The van der Waals surface area contributed by atoms with Crippen LogP contribution >= 0.6 is 0 Å². The molecule has 0 amide bonds. The third-order valence-corrected chi connectivity index (χ3v) is 4.43. The van der Waals surface area contributed by atoms with Gasteiger partial charge in [0, 0.05) is 5.56 Å². The van der Waals surface area contributed by atoms with Crippen molar-refractivity contribution in [1.29, 1.82) is 0 Å². The van der Waals surface area contributed by atoms with E-state index in [1.54, 1.807) is 55.5 Å². The molecule has 0 aliphatic carbocycles. The van der Waals surface area contributed by atoms with E-state index in [1.807, 2.05) is 0 Å². The van der Waals surface area contributed by atoms with Gasteiger partial charge in [-0.05, 0) is 24.6 Å². The van der Waals surface area contributed by atoms with Crippen molar-refractivity contribution in [1.82, 2.24) is 9.55 Å². The van der Waals surface area contributed by atoms with E-state index in [-0.39, 0.29) is 5.56 Å². The number of aromatic amines is 1. The van der Waals surface area contributed by atoms with E-state index in [9.17, 15) is 19.5 Å². The van der Waals surface area contributed by atoms with Crippen molar-refractivity contribution in [2.24, 2.45) is 0 Å². The average molecular weight is 350 g/mol. The van der Waals surface area contributed by atoms with Gasteiger partial charge >= 0.3 is 11.7 Å². The van der Waals surface area contributed by atoms with E-state index >= 15 is 0 Å². The topological polar surface area (TPSA) is 101 Å². The van der Waals surface area contributed by atoms with Crippen LogP contribution in [0.25, 0.3) is 5.69 Å². The van der Waals surface area contributed by atoms with Gasteiger partial charge in [-0.3, -0.25) is 9.78 Å². The summed E-state index contributed by atoms with van der Waals surface area (Å²) in [6.07, 6.45) is -1.08. The predicted molar refractivity (Wildman–Crippen MR) is 92.8 cm³/mol. The highest BCUT2D eigenvalue weighted by Gasteiger charge is 2.36. The number of hydrogen-bond acceptors (Lipinski definition) is 5. The van der Waals surface area contributed by atoms with E-state index in [0.717, 1.165) is 10.1 Å². The Bertz CT molecular complexity index is 1160. The van der Waals surface area contributed by atoms with Crippen LogP contribution in [0, 0.1) is 6.92 Å². The fourth-order valence-electron chi connectivity index (χ4n) is 3.17. The largest absolute Gasteiger partial charge is 0.494 e. The minimum atomic E-state index is -1.08. The number of nitrogens with zero attached hydrogens (tertiary/aromatic N) is 1. The summed E-state index contributed by atoms with van der Waals surface area (Å²) in [4.78, 5) is 39.0. The summed E-state index contributed by atoms with van der Waals surface area (Å²) in [6.45, 7) is 1.77. The van der Waals surface area contributed by atoms with Crippen molar-refractivity contribution in [3.63, 3.8) is 0 Å². The number of rotatable bonds is 2. The number of esters is 1. The molecule has 0 saturated carbocycles. The van der Waals surface area contributed by atoms with Crippen molar-refractivity contribution < 1.29 is 14.6 Å². The first-order valence-electron chi connectivity index (χ1n) is 7.93. The molecule has 0 saturated heterocycles. The summed E-state index contributed by atoms with van der Waals surface area (Å²) < 4.78 is 6.31. The number of ether oxygens (including phenoxy) is 1. The number of carbonyl (C=O) groups excluding carboxylic acids is 1. The van der Waals surface area contributed by atoms with Crippen molar-refractivity contribution in [2.45, 2.75) is 13.0 Å². The van der Waals surface area contributed by atoms with Crippen LogP contribution in [-0.2, 0) is 4.74 Å². The van der Waals surface area contributed by atoms with Gasteiger partial charge in [0.2, 0.25) is 5.88 Å². The fraction of sp³-hybridized carbons (Fsp3) is 0.105. The standard InChI is InChI=1S/C19H14N2O5/c1-10-6-2-5-9-13(10)21-17(23)14(16(22)20-19(21)25)15-11-7-3-4-8-12(11)18(24)26-15/h2-9,15,23H,1H3,(H,20,22,25). The molecule has 7 nitrogen and oxygen atoms in total. The molecule has 1 aliphatic heterocycles. The third kappa shape index (κ3) is 2.25. The van der Waals surface area contributed by atoms with E-state index in [4.69, 9.17) is 4.74 Å². The Labute approximate surface area is 147 Å². The molecule has 1 atom stereocenters. The van der Waals surface area contributed by atoms with Gasteiger partial charge in [-0.2, -0.15) is 0 Å². The number of carbonyl (C=O) groups is 1. The van der Waals surface area contributed by atoms with E-state index in [1.165, 1.54) is 0 Å². The van der Waals surface area contributed by atoms with Crippen molar-refractivity contribution in [3.8, 4) is 11.6 Å². The first-order chi connectivity index (χ1) is 12.5. The first kappa shape index (κ1) is 15.9. The van der Waals surface area contributed by atoms with Crippen LogP contribution < -0.4 is 11.2 Å². The molecule has 26 heavy (non-hydrogen) atoms. The Hall–Kier alpha value is -3.61. The lowest BCUT2D eigenvalue weighted by molar-refractivity contribution is 0.0449. The Morgan fingerprint density at radius 2 is 1.73 bits per heavy atom. The van der Waals surface area contributed by atoms with Gasteiger partial charge in [-0.25, -0.2) is 14.2 Å². The van der Waals surface area contributed by atoms with Gasteiger partial charge in [0.15, 0.2) is 6.10 Å². The molecule has 7 heteroatoms. The summed E-state index contributed by atoms with van der Waals surface area (Å²) >= 11 is 0. The third-order valence-electron chi connectivity index (χ3n) is 4.43. The highest BCUT2D eigenvalue weighted by Crippen LogP contribution is 2.37. The second-order valence-electron chi connectivity index (χ2n) is 5.99. The van der Waals surface area contributed by atoms with Crippen molar-refractivity contribution in [3.05, 3.63) is 91.6 Å². The van der Waals surface area contributed by atoms with Crippen molar-refractivity contribution >= 4 is 5.97 Å². The van der Waals surface area contributed by atoms with Crippen LogP contribution in [0.2, 0.25) is 0 Å². The van der Waals surface area contributed by atoms with E-state index < -0.39 is 29.2 Å². The molecular weight excluding hydrogens is 336 g/mol. The molecule has 3 aromatic rings. The summed E-state index contributed by atoms with van der Waals surface area (Å²) in [5.74, 6) is -1.14. The molecule has 2 heterocycles. The van der Waals surface area contributed by atoms with Crippen LogP contribution in [-0.4, -0.2) is 20.6 Å². The quantitative estimate of drug-likeness (QED) is 0.686. The Kier molecular flexibility index (Phi) is 3.50. The fourth-order valence-corrected chi connectivity index (χ4v) is 3.17. The van der Waals surface area contributed by atoms with Gasteiger partial charge < -0.3 is 9.84 Å². The highest BCUT2D eigenvalue weighted by molar-refractivity contribution is 5.94. The molecule has 0 fully saturated rings. The number of para-hydroxylation sites is 1. The number of nitrogens with one attached hydrogen (secondary N) is 1. The zero-order valence-electron chi connectivity index (χ0n) is 13.7. The van der Waals surface area contributed by atoms with Crippen molar-refractivity contribution in [2.75, 3.05) is 0 Å². The first-order valence-corrected chi connectivity index (χ1v) is 7.93. The van der Waals surface area contributed by atoms with Gasteiger partial charge in [0.05, 0.1) is 11.3 Å². The number of H-pyrrole nitrogens is 1. The Morgan fingerprint density at radius 3 is 2.50 bits per heavy atom. The van der Waals surface area contributed by atoms with Gasteiger partial charge in [0.1, 0.15) is 5.56 Å². The zero-order valence-corrected chi connectivity index (χ0v) is 13.7. The normalized spacial score (nSPS) is 15.6. The average Bonchev–Trinajstić information content (AvgIpc) is 2.93. The number of hydrogen-bond donors (Lipinski definition) is 2. The van der Waals surface area contributed by atoms with Crippen LogP contribution in [0.1, 0.15) is 33.2 Å². The van der Waals surface area contributed by atoms with Crippen LogP contribution in [0.3, 0.4) is 0 Å². The molecule has 1 aliphatic rings. The van der Waals surface area contributed by atoms with Crippen LogP contribution in [0.4, 0.5) is 0 Å². The maximum absolute atomic E-state index is 12.4. The van der Waals surface area contributed by atoms with E-state index in [2.05, 4.69) is 4.98 Å². The molecule has 0 spiro atoms. The summed E-state index contributed by atoms with van der Waals surface area (Å²) in [6, 6.07) is 13.5. The molecule has 2 N–H and O–H groups in total. The lowest BCUT2D eigenvalue weighted by Gasteiger charge is -2.16. The number of aryl methyl sites for hydroxylation is 1. The molecule has 4 rings (SSSR count). The summed E-state index contributed by atoms with van der Waals surface area (Å²) in [5, 5.41) is 10.8. The Balaban J connectivity index is 1.99. The SMILES string of the molecule is Cc1ccccc1-n1c(O)c(C2OC(=O)c3ccccc32)c(=O)[nH]c1=O. The van der Waals surface area contributed by atoms with Gasteiger partial charge in [-0.1, -0.05) is 36.4 Å². The maximum atomic E-state index is 12.4. The number of benzene rings is 2. The van der Waals surface area contributed by atoms with Crippen LogP contribution in [0.15, 0.2) is 58.1 Å². The number of fused-ring (bicyclic) bond motifs is 1. The smallest absolute Gasteiger partial charge is 0.339 e. The predicted octanol–water partition coefficient (Wildman–Crippen LogP) is 1.80. The molecule has 0 bridgehead atoms.